The summed E-state index contributed by atoms with van der Waals surface area (Å²) < 4.78 is 16.2. The predicted octanol–water partition coefficient (Wildman–Crippen LogP) is 3.56. The van der Waals surface area contributed by atoms with Crippen molar-refractivity contribution >= 4 is 11.0 Å². The summed E-state index contributed by atoms with van der Waals surface area (Å²) in [6.07, 6.45) is 0. The number of aromatic amines is 1. The second kappa shape index (κ2) is 5.60. The lowest BCUT2D eigenvalue weighted by Gasteiger charge is -2.14. The van der Waals surface area contributed by atoms with Gasteiger partial charge in [-0.05, 0) is 36.8 Å². The summed E-state index contributed by atoms with van der Waals surface area (Å²) in [6.45, 7) is 2.05. The molecular weight excluding hydrogens is 280 g/mol. The molecule has 3 aromatic rings. The molecule has 0 aliphatic heterocycles. The van der Waals surface area contributed by atoms with Crippen LogP contribution in [-0.2, 0) is 0 Å². The Labute approximate surface area is 128 Å². The Kier molecular flexibility index (Phi) is 3.63. The van der Waals surface area contributed by atoms with Gasteiger partial charge in [-0.15, -0.1) is 0 Å². The van der Waals surface area contributed by atoms with Crippen molar-refractivity contribution < 1.29 is 14.2 Å². The molecule has 1 N–H and O–H groups in total. The molecule has 0 radical (unpaired) electrons. The van der Waals surface area contributed by atoms with Crippen molar-refractivity contribution in [1.82, 2.24) is 9.97 Å². The van der Waals surface area contributed by atoms with Crippen molar-refractivity contribution in [1.29, 1.82) is 0 Å². The normalized spacial score (nSPS) is 10.7. The second-order valence-corrected chi connectivity index (χ2v) is 4.99. The molecule has 3 rings (SSSR count). The van der Waals surface area contributed by atoms with Crippen LogP contribution in [0, 0.1) is 6.92 Å². The lowest BCUT2D eigenvalue weighted by atomic mass is 10.1. The molecule has 1 heterocycles. The van der Waals surface area contributed by atoms with Gasteiger partial charge in [-0.25, -0.2) is 4.98 Å². The van der Waals surface area contributed by atoms with Crippen molar-refractivity contribution in [3.63, 3.8) is 0 Å². The zero-order valence-electron chi connectivity index (χ0n) is 13.1. The number of nitrogens with one attached hydrogen (secondary N) is 1. The van der Waals surface area contributed by atoms with Crippen LogP contribution >= 0.6 is 0 Å². The largest absolute Gasteiger partial charge is 0.493 e. The van der Waals surface area contributed by atoms with Crippen LogP contribution in [0.3, 0.4) is 0 Å². The molecule has 0 aliphatic carbocycles. The first-order valence-electron chi connectivity index (χ1n) is 6.93. The molecule has 5 heteroatoms. The van der Waals surface area contributed by atoms with Crippen LogP contribution in [0.1, 0.15) is 5.56 Å². The highest BCUT2D eigenvalue weighted by atomic mass is 16.5. The lowest BCUT2D eigenvalue weighted by Crippen LogP contribution is -1.97. The number of fused-ring (bicyclic) bond motifs is 1. The fourth-order valence-electron chi connectivity index (χ4n) is 2.54. The number of ether oxygens (including phenoxy) is 3. The quantitative estimate of drug-likeness (QED) is 0.800. The third-order valence-corrected chi connectivity index (χ3v) is 3.60. The van der Waals surface area contributed by atoms with E-state index in [1.165, 1.54) is 5.56 Å². The van der Waals surface area contributed by atoms with E-state index in [1.807, 2.05) is 24.3 Å². The zero-order valence-corrected chi connectivity index (χ0v) is 13.1. The molecule has 0 fully saturated rings. The zero-order chi connectivity index (χ0) is 15.7. The third-order valence-electron chi connectivity index (χ3n) is 3.60. The van der Waals surface area contributed by atoms with E-state index in [0.29, 0.717) is 17.2 Å². The number of aryl methyl sites for hydroxylation is 1. The van der Waals surface area contributed by atoms with E-state index in [0.717, 1.165) is 22.4 Å². The Morgan fingerprint density at radius 3 is 2.36 bits per heavy atom. The first-order chi connectivity index (χ1) is 10.7. The number of hydrogen-bond acceptors (Lipinski definition) is 4. The Bertz CT molecular complexity index is 824. The van der Waals surface area contributed by atoms with Crippen LogP contribution in [0.5, 0.6) is 17.2 Å². The molecule has 5 nitrogen and oxygen atoms in total. The molecule has 0 saturated heterocycles. The molecule has 0 atom stereocenters. The topological polar surface area (TPSA) is 56.4 Å². The summed E-state index contributed by atoms with van der Waals surface area (Å²) in [4.78, 5) is 7.96. The molecule has 114 valence electrons. The molecule has 0 unspecified atom stereocenters. The fourth-order valence-corrected chi connectivity index (χ4v) is 2.54. The van der Waals surface area contributed by atoms with Crippen molar-refractivity contribution in [2.24, 2.45) is 0 Å². The van der Waals surface area contributed by atoms with Crippen LogP contribution in [0.2, 0.25) is 0 Å². The summed E-state index contributed by atoms with van der Waals surface area (Å²) in [5.74, 6) is 2.50. The first-order valence-corrected chi connectivity index (χ1v) is 6.93. The highest BCUT2D eigenvalue weighted by Crippen LogP contribution is 2.43. The Morgan fingerprint density at radius 1 is 0.909 bits per heavy atom. The summed E-state index contributed by atoms with van der Waals surface area (Å²) in [7, 11) is 4.79. The van der Waals surface area contributed by atoms with Gasteiger partial charge < -0.3 is 19.2 Å². The number of hydrogen-bond donors (Lipinski definition) is 1. The van der Waals surface area contributed by atoms with Crippen LogP contribution in [0.4, 0.5) is 0 Å². The van der Waals surface area contributed by atoms with Crippen LogP contribution in [-0.4, -0.2) is 31.3 Å². The fraction of sp³-hybridized carbons (Fsp3) is 0.235. The monoisotopic (exact) mass is 298 g/mol. The first kappa shape index (κ1) is 14.3. The van der Waals surface area contributed by atoms with Crippen molar-refractivity contribution in [2.45, 2.75) is 6.92 Å². The third kappa shape index (κ3) is 2.24. The van der Waals surface area contributed by atoms with Gasteiger partial charge in [0.25, 0.3) is 0 Å². The Morgan fingerprint density at radius 2 is 1.68 bits per heavy atom. The van der Waals surface area contributed by atoms with E-state index < -0.39 is 0 Å². The molecule has 0 spiro atoms. The summed E-state index contributed by atoms with van der Waals surface area (Å²) in [5, 5.41) is 0. The van der Waals surface area contributed by atoms with Crippen molar-refractivity contribution in [3.05, 3.63) is 35.9 Å². The van der Waals surface area contributed by atoms with Crippen LogP contribution in [0.15, 0.2) is 30.3 Å². The maximum Gasteiger partial charge on any atom is 0.204 e. The van der Waals surface area contributed by atoms with E-state index in [4.69, 9.17) is 14.2 Å². The molecule has 0 bridgehead atoms. The minimum atomic E-state index is 0.555. The van der Waals surface area contributed by atoms with Crippen molar-refractivity contribution in [2.75, 3.05) is 21.3 Å². The van der Waals surface area contributed by atoms with E-state index in [2.05, 4.69) is 23.0 Å². The standard InChI is InChI=1S/C17H18N2O3/c1-10-5-7-12-13(9-10)19-17(18-12)11-6-8-14(20-2)16(22-4)15(11)21-3/h5-9H,1-4H3,(H,18,19). The van der Waals surface area contributed by atoms with Gasteiger partial charge in [0.1, 0.15) is 5.82 Å². The summed E-state index contributed by atoms with van der Waals surface area (Å²) in [6, 6.07) is 9.86. The lowest BCUT2D eigenvalue weighted by molar-refractivity contribution is 0.325. The van der Waals surface area contributed by atoms with Gasteiger partial charge >= 0.3 is 0 Å². The van der Waals surface area contributed by atoms with E-state index in [-0.39, 0.29) is 0 Å². The number of aromatic nitrogens is 2. The molecular formula is C17H18N2O3. The number of H-pyrrole nitrogens is 1. The summed E-state index contributed by atoms with van der Waals surface area (Å²) >= 11 is 0. The Hall–Kier alpha value is -2.69. The van der Waals surface area contributed by atoms with E-state index in [1.54, 1.807) is 21.3 Å². The number of rotatable bonds is 4. The van der Waals surface area contributed by atoms with Gasteiger partial charge in [-0.3, -0.25) is 0 Å². The second-order valence-electron chi connectivity index (χ2n) is 4.99. The van der Waals surface area contributed by atoms with Gasteiger partial charge in [0.15, 0.2) is 11.5 Å². The SMILES string of the molecule is COc1ccc(-c2nc3ccc(C)cc3[nH]2)c(OC)c1OC. The maximum absolute atomic E-state index is 5.52. The van der Waals surface area contributed by atoms with Gasteiger partial charge in [-0.1, -0.05) is 6.07 Å². The summed E-state index contributed by atoms with van der Waals surface area (Å²) in [5.41, 5.74) is 3.92. The van der Waals surface area contributed by atoms with Crippen LogP contribution < -0.4 is 14.2 Å². The average molecular weight is 298 g/mol. The molecule has 22 heavy (non-hydrogen) atoms. The molecule has 0 aliphatic rings. The predicted molar refractivity (Wildman–Crippen MR) is 85.9 cm³/mol. The van der Waals surface area contributed by atoms with Gasteiger partial charge in [0.05, 0.1) is 37.9 Å². The number of benzene rings is 2. The smallest absolute Gasteiger partial charge is 0.204 e. The van der Waals surface area contributed by atoms with Gasteiger partial charge in [0.2, 0.25) is 5.75 Å². The highest BCUT2D eigenvalue weighted by Gasteiger charge is 2.19. The molecule has 0 saturated carbocycles. The highest BCUT2D eigenvalue weighted by molar-refractivity contribution is 5.82. The number of imidazole rings is 1. The van der Waals surface area contributed by atoms with Gasteiger partial charge in [0, 0.05) is 0 Å². The minimum absolute atomic E-state index is 0.555. The molecule has 0 amide bonds. The molecule has 1 aromatic heterocycles. The average Bonchev–Trinajstić information content (AvgIpc) is 2.95. The number of methoxy groups -OCH3 is 3. The van der Waals surface area contributed by atoms with E-state index >= 15 is 0 Å². The minimum Gasteiger partial charge on any atom is -0.493 e. The molecule has 2 aromatic carbocycles. The number of nitrogens with zero attached hydrogens (tertiary/aromatic N) is 1. The van der Waals surface area contributed by atoms with Crippen LogP contribution in [0.25, 0.3) is 22.4 Å². The van der Waals surface area contributed by atoms with Gasteiger partial charge in [-0.2, -0.15) is 0 Å². The maximum atomic E-state index is 5.52. The van der Waals surface area contributed by atoms with E-state index in [9.17, 15) is 0 Å². The Balaban J connectivity index is 2.21. The van der Waals surface area contributed by atoms with Crippen molar-refractivity contribution in [3.8, 4) is 28.6 Å².